The Hall–Kier alpha value is -1.95. The van der Waals surface area contributed by atoms with E-state index in [1.165, 1.54) is 30.5 Å². The maximum absolute atomic E-state index is 13.0. The summed E-state index contributed by atoms with van der Waals surface area (Å²) in [6, 6.07) is 6.69. The molecule has 0 radical (unpaired) electrons. The third kappa shape index (κ3) is 2.84. The van der Waals surface area contributed by atoms with E-state index >= 15 is 0 Å². The summed E-state index contributed by atoms with van der Waals surface area (Å²) in [7, 11) is 0. The van der Waals surface area contributed by atoms with Crippen molar-refractivity contribution in [1.29, 1.82) is 0 Å². The number of carbonyl (C=O) groups excluding carboxylic acids is 1. The fourth-order valence-electron chi connectivity index (χ4n) is 1.37. The quantitative estimate of drug-likeness (QED) is 0.895. The highest BCUT2D eigenvalue weighted by Crippen LogP contribution is 2.11. The predicted octanol–water partition coefficient (Wildman–Crippen LogP) is 2.53. The van der Waals surface area contributed by atoms with Gasteiger partial charge in [-0.05, 0) is 40.2 Å². The Kier molecular flexibility index (Phi) is 3.57. The molecule has 0 unspecified atom stereocenters. The van der Waals surface area contributed by atoms with Crippen LogP contribution in [0.3, 0.4) is 0 Å². The Morgan fingerprint density at radius 2 is 2.11 bits per heavy atom. The lowest BCUT2D eigenvalue weighted by molar-refractivity contribution is 0.102. The molecule has 2 aromatic rings. The van der Waals surface area contributed by atoms with Gasteiger partial charge in [0.25, 0.3) is 11.5 Å². The second-order valence-electron chi connectivity index (χ2n) is 3.53. The highest BCUT2D eigenvalue weighted by Gasteiger charge is 2.09. The molecule has 2 N–H and O–H groups in total. The summed E-state index contributed by atoms with van der Waals surface area (Å²) >= 11 is 3.17. The lowest BCUT2D eigenvalue weighted by atomic mass is 10.2. The van der Waals surface area contributed by atoms with Crippen molar-refractivity contribution in [3.8, 4) is 0 Å². The molecule has 18 heavy (non-hydrogen) atoms. The van der Waals surface area contributed by atoms with Crippen LogP contribution in [0.4, 0.5) is 10.1 Å². The van der Waals surface area contributed by atoms with Gasteiger partial charge in [0, 0.05) is 16.2 Å². The molecular weight excluding hydrogens is 303 g/mol. The summed E-state index contributed by atoms with van der Waals surface area (Å²) < 4.78 is 13.6. The van der Waals surface area contributed by atoms with Gasteiger partial charge in [0.15, 0.2) is 0 Å². The van der Waals surface area contributed by atoms with Crippen molar-refractivity contribution in [1.82, 2.24) is 4.98 Å². The van der Waals surface area contributed by atoms with E-state index in [1.807, 2.05) is 0 Å². The van der Waals surface area contributed by atoms with Gasteiger partial charge in [-0.15, -0.1) is 0 Å². The van der Waals surface area contributed by atoms with E-state index in [2.05, 4.69) is 26.2 Å². The van der Waals surface area contributed by atoms with Crippen molar-refractivity contribution >= 4 is 27.5 Å². The molecule has 0 saturated heterocycles. The van der Waals surface area contributed by atoms with Gasteiger partial charge in [-0.25, -0.2) is 4.39 Å². The summed E-state index contributed by atoms with van der Waals surface area (Å²) in [6.07, 6.45) is 1.46. The number of H-pyrrole nitrogens is 1. The Morgan fingerprint density at radius 1 is 1.33 bits per heavy atom. The first-order valence-electron chi connectivity index (χ1n) is 5.01. The molecule has 1 aromatic heterocycles. The number of amides is 1. The maximum Gasteiger partial charge on any atom is 0.271 e. The average molecular weight is 311 g/mol. The number of aromatic amines is 1. The van der Waals surface area contributed by atoms with Gasteiger partial charge >= 0.3 is 0 Å². The minimum Gasteiger partial charge on any atom is -0.326 e. The Morgan fingerprint density at radius 3 is 2.83 bits per heavy atom. The SMILES string of the molecule is O=C(Nc1cc(Br)c[nH]c1=O)c1cccc(F)c1. The fraction of sp³-hybridized carbons (Fsp3) is 0. The minimum atomic E-state index is -0.543. The van der Waals surface area contributed by atoms with Crippen LogP contribution in [0.5, 0.6) is 0 Å². The van der Waals surface area contributed by atoms with Gasteiger partial charge in [-0.1, -0.05) is 6.07 Å². The molecule has 0 fully saturated rings. The molecule has 0 aliphatic carbocycles. The molecule has 1 amide bonds. The molecule has 0 saturated carbocycles. The number of hydrogen-bond acceptors (Lipinski definition) is 2. The molecule has 92 valence electrons. The van der Waals surface area contributed by atoms with E-state index in [1.54, 1.807) is 0 Å². The normalized spacial score (nSPS) is 10.1. The van der Waals surface area contributed by atoms with Gasteiger partial charge in [0.05, 0.1) is 0 Å². The van der Waals surface area contributed by atoms with Crippen molar-refractivity contribution in [2.45, 2.75) is 0 Å². The first-order chi connectivity index (χ1) is 8.56. The number of anilines is 1. The largest absolute Gasteiger partial charge is 0.326 e. The van der Waals surface area contributed by atoms with Crippen molar-refractivity contribution in [2.24, 2.45) is 0 Å². The average Bonchev–Trinajstić information content (AvgIpc) is 2.34. The van der Waals surface area contributed by atoms with Crippen molar-refractivity contribution < 1.29 is 9.18 Å². The van der Waals surface area contributed by atoms with Crippen molar-refractivity contribution in [2.75, 3.05) is 5.32 Å². The van der Waals surface area contributed by atoms with E-state index in [-0.39, 0.29) is 11.3 Å². The van der Waals surface area contributed by atoms with Crippen LogP contribution in [0, 0.1) is 5.82 Å². The molecule has 0 aliphatic heterocycles. The standard InChI is InChI=1S/C12H8BrFN2O2/c13-8-5-10(12(18)15-6-8)16-11(17)7-2-1-3-9(14)4-7/h1-6H,(H,15,18)(H,16,17). The Labute approximate surface area is 110 Å². The fourth-order valence-corrected chi connectivity index (χ4v) is 1.72. The third-order valence-electron chi connectivity index (χ3n) is 2.20. The van der Waals surface area contributed by atoms with Crippen LogP contribution >= 0.6 is 15.9 Å². The van der Waals surface area contributed by atoms with Crippen molar-refractivity contribution in [3.05, 3.63) is 62.7 Å². The smallest absolute Gasteiger partial charge is 0.271 e. The zero-order chi connectivity index (χ0) is 13.1. The molecule has 0 bridgehead atoms. The first kappa shape index (κ1) is 12.5. The molecule has 4 nitrogen and oxygen atoms in total. The molecule has 1 aromatic carbocycles. The molecule has 1 heterocycles. The number of aromatic nitrogens is 1. The molecule has 0 spiro atoms. The monoisotopic (exact) mass is 310 g/mol. The first-order valence-corrected chi connectivity index (χ1v) is 5.81. The van der Waals surface area contributed by atoms with Gasteiger partial charge in [0.2, 0.25) is 0 Å². The van der Waals surface area contributed by atoms with Crippen LogP contribution in [0.15, 0.2) is 45.8 Å². The lowest BCUT2D eigenvalue weighted by Gasteiger charge is -2.04. The summed E-state index contributed by atoms with van der Waals surface area (Å²) in [5.41, 5.74) is -0.184. The molecular formula is C12H8BrFN2O2. The van der Waals surface area contributed by atoms with E-state index in [4.69, 9.17) is 0 Å². The Balaban J connectivity index is 2.27. The zero-order valence-electron chi connectivity index (χ0n) is 9.04. The van der Waals surface area contributed by atoms with Crippen molar-refractivity contribution in [3.63, 3.8) is 0 Å². The molecule has 2 rings (SSSR count). The van der Waals surface area contributed by atoms with Crippen LogP contribution < -0.4 is 10.9 Å². The summed E-state index contributed by atoms with van der Waals surface area (Å²) in [5.74, 6) is -1.05. The second-order valence-corrected chi connectivity index (χ2v) is 4.44. The highest BCUT2D eigenvalue weighted by molar-refractivity contribution is 9.10. The number of pyridine rings is 1. The van der Waals surface area contributed by atoms with E-state index < -0.39 is 17.3 Å². The van der Waals surface area contributed by atoms with Crippen LogP contribution in [0.25, 0.3) is 0 Å². The third-order valence-corrected chi connectivity index (χ3v) is 2.66. The summed E-state index contributed by atoms with van der Waals surface area (Å²) in [6.45, 7) is 0. The van der Waals surface area contributed by atoms with Crippen LogP contribution in [-0.4, -0.2) is 10.9 Å². The number of benzene rings is 1. The second kappa shape index (κ2) is 5.14. The maximum atomic E-state index is 13.0. The van der Waals surface area contributed by atoms with Crippen LogP contribution in [0.2, 0.25) is 0 Å². The highest BCUT2D eigenvalue weighted by atomic mass is 79.9. The van der Waals surface area contributed by atoms with E-state index in [9.17, 15) is 14.0 Å². The summed E-state index contributed by atoms with van der Waals surface area (Å²) in [4.78, 5) is 25.7. The van der Waals surface area contributed by atoms with E-state index in [0.29, 0.717) is 4.47 Å². The van der Waals surface area contributed by atoms with Gasteiger partial charge in [-0.3, -0.25) is 9.59 Å². The van der Waals surface area contributed by atoms with Gasteiger partial charge in [0.1, 0.15) is 11.5 Å². The molecule has 0 aliphatic rings. The van der Waals surface area contributed by atoms with Gasteiger partial charge in [-0.2, -0.15) is 0 Å². The molecule has 0 atom stereocenters. The number of nitrogens with one attached hydrogen (secondary N) is 2. The topological polar surface area (TPSA) is 62.0 Å². The number of carbonyl (C=O) groups is 1. The summed E-state index contributed by atoms with van der Waals surface area (Å²) in [5, 5.41) is 2.42. The number of rotatable bonds is 2. The zero-order valence-corrected chi connectivity index (χ0v) is 10.6. The van der Waals surface area contributed by atoms with Crippen LogP contribution in [-0.2, 0) is 0 Å². The van der Waals surface area contributed by atoms with Crippen LogP contribution in [0.1, 0.15) is 10.4 Å². The molecule has 6 heteroatoms. The Bertz CT molecular complexity index is 655. The minimum absolute atomic E-state index is 0.0960. The number of halogens is 2. The number of hydrogen-bond donors (Lipinski definition) is 2. The lowest BCUT2D eigenvalue weighted by Crippen LogP contribution is -2.19. The van der Waals surface area contributed by atoms with Gasteiger partial charge < -0.3 is 10.3 Å². The predicted molar refractivity (Wildman–Crippen MR) is 69.1 cm³/mol. The van der Waals surface area contributed by atoms with E-state index in [0.717, 1.165) is 6.07 Å².